The lowest BCUT2D eigenvalue weighted by atomic mass is 10.1. The van der Waals surface area contributed by atoms with Crippen LogP contribution in [0.25, 0.3) is 0 Å². The van der Waals surface area contributed by atoms with E-state index in [9.17, 15) is 0 Å². The number of nitrogens with two attached hydrogens (primary N) is 1. The van der Waals surface area contributed by atoms with Gasteiger partial charge in [0.1, 0.15) is 0 Å². The molecule has 0 aromatic heterocycles. The lowest BCUT2D eigenvalue weighted by Gasteiger charge is -2.26. The first kappa shape index (κ1) is 15.8. The van der Waals surface area contributed by atoms with Gasteiger partial charge >= 0.3 is 0 Å². The molecule has 5 heteroatoms. The van der Waals surface area contributed by atoms with E-state index >= 15 is 0 Å². The number of nitrogens with one attached hydrogen (secondary N) is 1. The summed E-state index contributed by atoms with van der Waals surface area (Å²) in [5, 5.41) is 3.18. The Morgan fingerprint density at radius 1 is 1.38 bits per heavy atom. The van der Waals surface area contributed by atoms with Gasteiger partial charge in [0.2, 0.25) is 0 Å². The summed E-state index contributed by atoms with van der Waals surface area (Å²) in [6.45, 7) is 8.45. The van der Waals surface area contributed by atoms with Gasteiger partial charge in [-0.1, -0.05) is 29.8 Å². The van der Waals surface area contributed by atoms with Crippen LogP contribution in [-0.2, 0) is 11.3 Å². The molecule has 0 radical (unpaired) electrons. The van der Waals surface area contributed by atoms with Crippen LogP contribution in [0.3, 0.4) is 0 Å². The van der Waals surface area contributed by atoms with Gasteiger partial charge in [-0.2, -0.15) is 0 Å². The molecule has 5 nitrogen and oxygen atoms in total. The van der Waals surface area contributed by atoms with E-state index in [1.165, 1.54) is 11.1 Å². The number of hydrogen-bond acceptors (Lipinski definition) is 3. The molecule has 2 rings (SSSR count). The number of ether oxygens (including phenoxy) is 1. The summed E-state index contributed by atoms with van der Waals surface area (Å²) >= 11 is 0. The zero-order valence-corrected chi connectivity index (χ0v) is 12.8. The second-order valence-corrected chi connectivity index (χ2v) is 5.42. The Labute approximate surface area is 127 Å². The molecule has 1 fully saturated rings. The molecule has 3 N–H and O–H groups in total. The quantitative estimate of drug-likeness (QED) is 0.468. The lowest BCUT2D eigenvalue weighted by molar-refractivity contribution is 0.0376. The van der Waals surface area contributed by atoms with Crippen LogP contribution >= 0.6 is 0 Å². The fraction of sp³-hybridized carbons (Fsp3) is 0.562. The Balaban J connectivity index is 1.62. The highest BCUT2D eigenvalue weighted by Crippen LogP contribution is 2.04. The van der Waals surface area contributed by atoms with Crippen molar-refractivity contribution < 1.29 is 4.74 Å². The van der Waals surface area contributed by atoms with Gasteiger partial charge in [-0.15, -0.1) is 0 Å². The molecule has 116 valence electrons. The lowest BCUT2D eigenvalue weighted by Crippen LogP contribution is -2.39. The zero-order chi connectivity index (χ0) is 14.9. The van der Waals surface area contributed by atoms with Gasteiger partial charge in [-0.05, 0) is 25.5 Å². The Hall–Kier alpha value is -1.59. The predicted molar refractivity (Wildman–Crippen MR) is 86.4 cm³/mol. The summed E-state index contributed by atoms with van der Waals surface area (Å²) in [7, 11) is 0. The third-order valence-electron chi connectivity index (χ3n) is 3.58. The van der Waals surface area contributed by atoms with E-state index in [0.29, 0.717) is 12.5 Å². The number of hydrogen-bond donors (Lipinski definition) is 2. The van der Waals surface area contributed by atoms with E-state index in [0.717, 1.165) is 45.8 Å². The van der Waals surface area contributed by atoms with Gasteiger partial charge in [-0.25, -0.2) is 4.99 Å². The number of morpholine rings is 1. The monoisotopic (exact) mass is 290 g/mol. The Kier molecular flexibility index (Phi) is 6.50. The van der Waals surface area contributed by atoms with E-state index in [-0.39, 0.29) is 0 Å². The minimum atomic E-state index is 0.526. The third-order valence-corrected chi connectivity index (χ3v) is 3.58. The summed E-state index contributed by atoms with van der Waals surface area (Å²) in [6, 6.07) is 8.34. The van der Waals surface area contributed by atoms with E-state index in [1.807, 2.05) is 6.07 Å². The fourth-order valence-corrected chi connectivity index (χ4v) is 2.39. The number of aryl methyl sites for hydroxylation is 1. The minimum Gasteiger partial charge on any atom is -0.379 e. The Bertz CT molecular complexity index is 455. The van der Waals surface area contributed by atoms with Crippen LogP contribution in [0.2, 0.25) is 0 Å². The van der Waals surface area contributed by atoms with Crippen LogP contribution < -0.4 is 11.1 Å². The minimum absolute atomic E-state index is 0.526. The summed E-state index contributed by atoms with van der Waals surface area (Å²) in [4.78, 5) is 6.79. The number of benzene rings is 1. The summed E-state index contributed by atoms with van der Waals surface area (Å²) < 4.78 is 5.33. The van der Waals surface area contributed by atoms with Crippen molar-refractivity contribution in [3.05, 3.63) is 35.4 Å². The highest BCUT2D eigenvalue weighted by molar-refractivity contribution is 5.77. The van der Waals surface area contributed by atoms with Crippen LogP contribution in [-0.4, -0.2) is 50.3 Å². The van der Waals surface area contributed by atoms with Crippen LogP contribution in [0.4, 0.5) is 0 Å². The molecular weight excluding hydrogens is 264 g/mol. The first-order valence-electron chi connectivity index (χ1n) is 7.63. The molecule has 1 aromatic carbocycles. The Morgan fingerprint density at radius 3 is 2.95 bits per heavy atom. The van der Waals surface area contributed by atoms with Crippen LogP contribution in [0.15, 0.2) is 29.3 Å². The molecular formula is C16H26N4O. The molecule has 1 aromatic rings. The van der Waals surface area contributed by atoms with Crippen molar-refractivity contribution in [1.82, 2.24) is 10.2 Å². The molecule has 0 spiro atoms. The maximum Gasteiger partial charge on any atom is 0.188 e. The van der Waals surface area contributed by atoms with Crippen molar-refractivity contribution in [2.45, 2.75) is 19.9 Å². The number of rotatable bonds is 6. The second-order valence-electron chi connectivity index (χ2n) is 5.42. The molecule has 0 bridgehead atoms. The van der Waals surface area contributed by atoms with E-state index in [4.69, 9.17) is 10.5 Å². The average molecular weight is 290 g/mol. The topological polar surface area (TPSA) is 62.9 Å². The molecule has 0 atom stereocenters. The molecule has 21 heavy (non-hydrogen) atoms. The normalized spacial score (nSPS) is 16.9. The third kappa shape index (κ3) is 6.14. The van der Waals surface area contributed by atoms with Crippen molar-refractivity contribution in [3.8, 4) is 0 Å². The summed E-state index contributed by atoms with van der Waals surface area (Å²) in [5.41, 5.74) is 8.32. The standard InChI is InChI=1S/C16H26N4O/c1-14-4-2-5-15(12-14)13-19-16(17)18-6-3-7-20-8-10-21-11-9-20/h2,4-5,12H,3,6-11,13H2,1H3,(H3,17,18,19). The number of aliphatic imine (C=N–C) groups is 1. The van der Waals surface area contributed by atoms with E-state index < -0.39 is 0 Å². The van der Waals surface area contributed by atoms with Crippen LogP contribution in [0.1, 0.15) is 17.5 Å². The highest BCUT2D eigenvalue weighted by Gasteiger charge is 2.08. The van der Waals surface area contributed by atoms with Crippen molar-refractivity contribution in [2.24, 2.45) is 10.7 Å². The van der Waals surface area contributed by atoms with Gasteiger partial charge in [0.25, 0.3) is 0 Å². The van der Waals surface area contributed by atoms with Gasteiger partial charge in [-0.3, -0.25) is 4.90 Å². The first-order valence-corrected chi connectivity index (χ1v) is 7.63. The molecule has 0 saturated carbocycles. The van der Waals surface area contributed by atoms with Crippen molar-refractivity contribution in [3.63, 3.8) is 0 Å². The summed E-state index contributed by atoms with van der Waals surface area (Å²) in [6.07, 6.45) is 1.07. The van der Waals surface area contributed by atoms with Gasteiger partial charge in [0, 0.05) is 19.6 Å². The zero-order valence-electron chi connectivity index (χ0n) is 12.8. The molecule has 1 aliphatic rings. The van der Waals surface area contributed by atoms with Crippen molar-refractivity contribution >= 4 is 5.96 Å². The van der Waals surface area contributed by atoms with E-state index in [2.05, 4.69) is 40.3 Å². The summed E-state index contributed by atoms with van der Waals surface area (Å²) in [5.74, 6) is 0.526. The first-order chi connectivity index (χ1) is 10.2. The van der Waals surface area contributed by atoms with Crippen LogP contribution in [0.5, 0.6) is 0 Å². The molecule has 0 aliphatic carbocycles. The van der Waals surface area contributed by atoms with Gasteiger partial charge < -0.3 is 15.8 Å². The molecule has 1 saturated heterocycles. The van der Waals surface area contributed by atoms with Crippen molar-refractivity contribution in [2.75, 3.05) is 39.4 Å². The Morgan fingerprint density at radius 2 is 2.19 bits per heavy atom. The van der Waals surface area contributed by atoms with Gasteiger partial charge in [0.15, 0.2) is 5.96 Å². The number of nitrogens with zero attached hydrogens (tertiary/aromatic N) is 2. The second kappa shape index (κ2) is 8.64. The van der Waals surface area contributed by atoms with Crippen molar-refractivity contribution in [1.29, 1.82) is 0 Å². The molecule has 1 heterocycles. The average Bonchev–Trinajstić information content (AvgIpc) is 2.51. The maximum atomic E-state index is 5.88. The maximum absolute atomic E-state index is 5.88. The number of guanidine groups is 1. The molecule has 0 amide bonds. The highest BCUT2D eigenvalue weighted by atomic mass is 16.5. The predicted octanol–water partition coefficient (Wildman–Crippen LogP) is 1.12. The van der Waals surface area contributed by atoms with E-state index in [1.54, 1.807) is 0 Å². The SMILES string of the molecule is Cc1cccc(CN=C(N)NCCCN2CCOCC2)c1. The molecule has 1 aliphatic heterocycles. The van der Waals surface area contributed by atoms with Crippen LogP contribution in [0, 0.1) is 6.92 Å². The largest absolute Gasteiger partial charge is 0.379 e. The molecule has 0 unspecified atom stereocenters. The fourth-order valence-electron chi connectivity index (χ4n) is 2.39. The van der Waals surface area contributed by atoms with Gasteiger partial charge in [0.05, 0.1) is 19.8 Å². The smallest absolute Gasteiger partial charge is 0.188 e.